The molecule has 0 N–H and O–H groups in total. The van der Waals surface area contributed by atoms with E-state index < -0.39 is 14.8 Å². The zero-order valence-electron chi connectivity index (χ0n) is 14.9. The zero-order chi connectivity index (χ0) is 18.2. The Morgan fingerprint density at radius 1 is 1.12 bits per heavy atom. The van der Waals surface area contributed by atoms with Gasteiger partial charge in [0.15, 0.2) is 5.17 Å². The Morgan fingerprint density at radius 2 is 1.72 bits per heavy atom. The monoisotopic (exact) mass is 380 g/mol. The Balaban J connectivity index is 1.98. The van der Waals surface area contributed by atoms with Crippen LogP contribution in [0.15, 0.2) is 33.6 Å². The quantitative estimate of drug-likeness (QED) is 0.801. The second-order valence-electron chi connectivity index (χ2n) is 7.24. The van der Waals surface area contributed by atoms with Crippen molar-refractivity contribution >= 4 is 32.9 Å². The first kappa shape index (κ1) is 18.5. The Bertz CT molecular complexity index is 792. The highest BCUT2D eigenvalue weighted by molar-refractivity contribution is 8.16. The number of aryl methyl sites for hydroxylation is 1. The molecule has 0 radical (unpaired) electrons. The van der Waals surface area contributed by atoms with Crippen molar-refractivity contribution in [2.24, 2.45) is 4.40 Å². The molecule has 0 aromatic heterocycles. The molecule has 7 heteroatoms. The fourth-order valence-electron chi connectivity index (χ4n) is 3.29. The summed E-state index contributed by atoms with van der Waals surface area (Å²) in [5.74, 6) is -0.0396. The summed E-state index contributed by atoms with van der Waals surface area (Å²) in [6, 6.07) is 6.69. The average molecular weight is 381 g/mol. The van der Waals surface area contributed by atoms with Crippen LogP contribution in [0.25, 0.3) is 0 Å². The molecule has 1 saturated carbocycles. The molecule has 0 unspecified atom stereocenters. The Labute approximate surface area is 153 Å². The lowest BCUT2D eigenvalue weighted by atomic mass is 9.94. The third-order valence-electron chi connectivity index (χ3n) is 4.74. The number of carbonyl (C=O) groups excluding carboxylic acids is 1. The second-order valence-corrected chi connectivity index (χ2v) is 10.4. The van der Waals surface area contributed by atoms with E-state index >= 15 is 0 Å². The third kappa shape index (κ3) is 3.77. The van der Waals surface area contributed by atoms with E-state index in [2.05, 4.69) is 4.40 Å². The summed E-state index contributed by atoms with van der Waals surface area (Å²) in [5, 5.41) is 0.322. The second kappa shape index (κ2) is 6.76. The predicted molar refractivity (Wildman–Crippen MR) is 101 cm³/mol. The number of hydrogen-bond donors (Lipinski definition) is 0. The summed E-state index contributed by atoms with van der Waals surface area (Å²) in [6.07, 6.45) is 5.12. The van der Waals surface area contributed by atoms with Crippen molar-refractivity contribution in [1.29, 1.82) is 0 Å². The van der Waals surface area contributed by atoms with Gasteiger partial charge in [0.25, 0.3) is 10.0 Å². The molecule has 3 rings (SSSR count). The van der Waals surface area contributed by atoms with E-state index in [1.165, 1.54) is 18.2 Å². The lowest BCUT2D eigenvalue weighted by Crippen LogP contribution is -2.44. The number of amidine groups is 1. The van der Waals surface area contributed by atoms with Crippen molar-refractivity contribution in [3.8, 4) is 0 Å². The molecule has 0 atom stereocenters. The van der Waals surface area contributed by atoms with Crippen LogP contribution in [0, 0.1) is 6.92 Å². The van der Waals surface area contributed by atoms with E-state index in [-0.39, 0.29) is 16.8 Å². The van der Waals surface area contributed by atoms with Gasteiger partial charge in [0.1, 0.15) is 0 Å². The molecule has 1 aromatic carbocycles. The van der Waals surface area contributed by atoms with Gasteiger partial charge in [0.2, 0.25) is 5.91 Å². The Morgan fingerprint density at radius 3 is 2.32 bits per heavy atom. The molecule has 2 aliphatic rings. The maximum absolute atomic E-state index is 12.8. The van der Waals surface area contributed by atoms with Crippen molar-refractivity contribution in [3.05, 3.63) is 29.8 Å². The van der Waals surface area contributed by atoms with E-state index in [1.54, 1.807) is 29.2 Å². The van der Waals surface area contributed by atoms with Crippen LogP contribution in [0.5, 0.6) is 0 Å². The fraction of sp³-hybridized carbons (Fsp3) is 0.556. The van der Waals surface area contributed by atoms with Crippen LogP contribution in [0.3, 0.4) is 0 Å². The number of sulfonamides is 1. The van der Waals surface area contributed by atoms with E-state index in [9.17, 15) is 13.2 Å². The van der Waals surface area contributed by atoms with Crippen LogP contribution in [0.4, 0.5) is 0 Å². The van der Waals surface area contributed by atoms with Crippen LogP contribution in [-0.2, 0) is 14.8 Å². The van der Waals surface area contributed by atoms with E-state index in [0.717, 1.165) is 31.2 Å². The van der Waals surface area contributed by atoms with Crippen molar-refractivity contribution < 1.29 is 13.2 Å². The maximum atomic E-state index is 12.8. The number of rotatable bonds is 3. The van der Waals surface area contributed by atoms with Crippen LogP contribution in [0.1, 0.15) is 51.5 Å². The van der Waals surface area contributed by atoms with Crippen molar-refractivity contribution in [3.63, 3.8) is 0 Å². The average Bonchev–Trinajstić information content (AvgIpc) is 2.77. The summed E-state index contributed by atoms with van der Waals surface area (Å²) in [5.41, 5.74) is 0.988. The van der Waals surface area contributed by atoms with Crippen LogP contribution in [-0.4, -0.2) is 35.2 Å². The van der Waals surface area contributed by atoms with Crippen molar-refractivity contribution in [2.75, 3.05) is 0 Å². The van der Waals surface area contributed by atoms with Gasteiger partial charge < -0.3 is 0 Å². The molecule has 2 fully saturated rings. The maximum Gasteiger partial charge on any atom is 0.284 e. The largest absolute Gasteiger partial charge is 0.286 e. The van der Waals surface area contributed by atoms with Crippen molar-refractivity contribution in [1.82, 2.24) is 4.90 Å². The summed E-state index contributed by atoms with van der Waals surface area (Å²) in [4.78, 5) is 14.6. The van der Waals surface area contributed by atoms with Gasteiger partial charge in [-0.1, -0.05) is 48.7 Å². The smallest absolute Gasteiger partial charge is 0.284 e. The molecule has 5 nitrogen and oxygen atoms in total. The highest BCUT2D eigenvalue weighted by Gasteiger charge is 2.48. The molecule has 1 aliphatic carbocycles. The number of nitrogens with zero attached hydrogens (tertiary/aromatic N) is 2. The van der Waals surface area contributed by atoms with Crippen LogP contribution >= 0.6 is 11.8 Å². The summed E-state index contributed by atoms with van der Waals surface area (Å²) >= 11 is 1.25. The number of amides is 1. The lowest BCUT2D eigenvalue weighted by Gasteiger charge is -2.31. The van der Waals surface area contributed by atoms with Gasteiger partial charge in [-0.2, -0.15) is 8.42 Å². The summed E-state index contributed by atoms with van der Waals surface area (Å²) in [7, 11) is -3.83. The van der Waals surface area contributed by atoms with Gasteiger partial charge in [-0.15, -0.1) is 4.40 Å². The zero-order valence-corrected chi connectivity index (χ0v) is 16.5. The lowest BCUT2D eigenvalue weighted by molar-refractivity contribution is -0.130. The topological polar surface area (TPSA) is 66.8 Å². The molecule has 1 aliphatic heterocycles. The standard InChI is InChI=1S/C18H24N2O3S2/c1-13-9-11-15(12-10-13)25(22,23)19-17-20(14-7-5-4-6-8-14)16(21)18(2,3)24-17/h9-12,14H,4-8H2,1-3H3. The highest BCUT2D eigenvalue weighted by atomic mass is 32.2. The minimum absolute atomic E-state index is 0.0396. The molecule has 1 saturated heterocycles. The molecule has 0 bridgehead atoms. The fourth-order valence-corrected chi connectivity index (χ4v) is 5.58. The van der Waals surface area contributed by atoms with Gasteiger partial charge in [0.05, 0.1) is 9.64 Å². The molecule has 1 aromatic rings. The van der Waals surface area contributed by atoms with Crippen molar-refractivity contribution in [2.45, 2.75) is 68.6 Å². The Kier molecular flexibility index (Phi) is 4.99. The highest BCUT2D eigenvalue weighted by Crippen LogP contribution is 2.41. The first-order chi connectivity index (χ1) is 11.7. The van der Waals surface area contributed by atoms with Gasteiger partial charge in [-0.25, -0.2) is 0 Å². The van der Waals surface area contributed by atoms with Gasteiger partial charge in [-0.3, -0.25) is 9.69 Å². The van der Waals surface area contributed by atoms with E-state index in [0.29, 0.717) is 5.17 Å². The minimum Gasteiger partial charge on any atom is -0.286 e. The third-order valence-corrected chi connectivity index (χ3v) is 7.30. The first-order valence-electron chi connectivity index (χ1n) is 8.65. The number of benzene rings is 1. The van der Waals surface area contributed by atoms with Crippen LogP contribution in [0.2, 0.25) is 0 Å². The van der Waals surface area contributed by atoms with Crippen LogP contribution < -0.4 is 0 Å². The molecule has 136 valence electrons. The SMILES string of the molecule is Cc1ccc(S(=O)(=O)N=C2SC(C)(C)C(=O)N2C2CCCCC2)cc1. The predicted octanol–water partition coefficient (Wildman–Crippen LogP) is 3.73. The normalized spacial score (nSPS) is 23.4. The summed E-state index contributed by atoms with van der Waals surface area (Å²) in [6.45, 7) is 5.56. The minimum atomic E-state index is -3.83. The van der Waals surface area contributed by atoms with E-state index in [1.807, 2.05) is 20.8 Å². The molecule has 25 heavy (non-hydrogen) atoms. The molecular weight excluding hydrogens is 356 g/mol. The molecular formula is C18H24N2O3S2. The first-order valence-corrected chi connectivity index (χ1v) is 10.9. The van der Waals surface area contributed by atoms with Gasteiger partial charge in [0, 0.05) is 6.04 Å². The molecule has 1 heterocycles. The number of thioether (sulfide) groups is 1. The summed E-state index contributed by atoms with van der Waals surface area (Å²) < 4.78 is 28.8. The van der Waals surface area contributed by atoms with E-state index in [4.69, 9.17) is 0 Å². The Hall–Kier alpha value is -1.34. The molecule has 0 spiro atoms. The molecule has 1 amide bonds. The van der Waals surface area contributed by atoms with Gasteiger partial charge in [-0.05, 0) is 45.7 Å². The number of hydrogen-bond acceptors (Lipinski definition) is 4. The number of carbonyl (C=O) groups is 1. The van der Waals surface area contributed by atoms with Gasteiger partial charge >= 0.3 is 0 Å².